The Balaban J connectivity index is 1.82. The normalized spacial score (nSPS) is 21.4. The quantitative estimate of drug-likeness (QED) is 0.855. The molecule has 1 aliphatic rings. The van der Waals surface area contributed by atoms with Crippen LogP contribution in [-0.4, -0.2) is 22.7 Å². The minimum atomic E-state index is 0.449. The summed E-state index contributed by atoms with van der Waals surface area (Å²) in [5.74, 6) is 3.91. The van der Waals surface area contributed by atoms with Gasteiger partial charge in [0.15, 0.2) is 5.76 Å². The molecule has 0 bridgehead atoms. The third-order valence-electron chi connectivity index (χ3n) is 2.66. The van der Waals surface area contributed by atoms with Crippen LogP contribution in [0.2, 0.25) is 0 Å². The summed E-state index contributed by atoms with van der Waals surface area (Å²) in [5, 5.41) is 7.54. The molecule has 2 heterocycles. The fourth-order valence-electron chi connectivity index (χ4n) is 1.62. The second-order valence-corrected chi connectivity index (χ2v) is 5.46. The predicted molar refractivity (Wildman–Crippen MR) is 63.2 cm³/mol. The molecular weight excluding hydrogens is 208 g/mol. The molecule has 1 saturated heterocycles. The molecule has 1 aliphatic heterocycles. The van der Waals surface area contributed by atoms with Gasteiger partial charge >= 0.3 is 0 Å². The summed E-state index contributed by atoms with van der Waals surface area (Å²) in [4.78, 5) is 0. The number of nitrogens with zero attached hydrogens (tertiary/aromatic N) is 1. The van der Waals surface area contributed by atoms with Gasteiger partial charge in [0, 0.05) is 17.9 Å². The SMILES string of the molecule is CC(C)c1cc(CNC2CCSC2)on1. The standard InChI is InChI=1S/C11H18N2OS/c1-8(2)11-5-10(14-13-11)6-12-9-3-4-15-7-9/h5,8-9,12H,3-4,6-7H2,1-2H3. The first-order chi connectivity index (χ1) is 7.25. The van der Waals surface area contributed by atoms with Gasteiger partial charge in [-0.1, -0.05) is 19.0 Å². The Morgan fingerprint density at radius 2 is 2.53 bits per heavy atom. The Morgan fingerprint density at radius 3 is 3.13 bits per heavy atom. The lowest BCUT2D eigenvalue weighted by molar-refractivity contribution is 0.359. The van der Waals surface area contributed by atoms with Crippen molar-refractivity contribution in [2.24, 2.45) is 0 Å². The Labute approximate surface area is 95.0 Å². The maximum absolute atomic E-state index is 5.27. The van der Waals surface area contributed by atoms with Crippen molar-refractivity contribution in [2.45, 2.75) is 38.8 Å². The highest BCUT2D eigenvalue weighted by atomic mass is 32.2. The number of hydrogen-bond acceptors (Lipinski definition) is 4. The molecule has 1 fully saturated rings. The van der Waals surface area contributed by atoms with E-state index in [-0.39, 0.29) is 0 Å². The number of rotatable bonds is 4. The van der Waals surface area contributed by atoms with Gasteiger partial charge in [0.05, 0.1) is 12.2 Å². The molecule has 4 heteroatoms. The highest BCUT2D eigenvalue weighted by Gasteiger charge is 2.15. The van der Waals surface area contributed by atoms with Crippen LogP contribution in [0.1, 0.15) is 37.6 Å². The van der Waals surface area contributed by atoms with Gasteiger partial charge in [-0.2, -0.15) is 11.8 Å². The molecule has 84 valence electrons. The first-order valence-electron chi connectivity index (χ1n) is 5.52. The van der Waals surface area contributed by atoms with Crippen molar-refractivity contribution >= 4 is 11.8 Å². The monoisotopic (exact) mass is 226 g/mol. The van der Waals surface area contributed by atoms with Crippen LogP contribution in [0, 0.1) is 0 Å². The van der Waals surface area contributed by atoms with Gasteiger partial charge in [0.25, 0.3) is 0 Å². The van der Waals surface area contributed by atoms with Crippen LogP contribution in [-0.2, 0) is 6.54 Å². The van der Waals surface area contributed by atoms with Crippen LogP contribution in [0.4, 0.5) is 0 Å². The van der Waals surface area contributed by atoms with E-state index in [1.807, 2.05) is 11.8 Å². The van der Waals surface area contributed by atoms with Gasteiger partial charge in [-0.25, -0.2) is 0 Å². The highest BCUT2D eigenvalue weighted by molar-refractivity contribution is 7.99. The predicted octanol–water partition coefficient (Wildman–Crippen LogP) is 2.39. The molecule has 3 nitrogen and oxygen atoms in total. The largest absolute Gasteiger partial charge is 0.360 e. The first-order valence-corrected chi connectivity index (χ1v) is 6.68. The molecule has 1 atom stereocenters. The van der Waals surface area contributed by atoms with E-state index in [2.05, 4.69) is 30.4 Å². The summed E-state index contributed by atoms with van der Waals surface area (Å²) in [6.45, 7) is 5.07. The van der Waals surface area contributed by atoms with Crippen LogP contribution in [0.3, 0.4) is 0 Å². The average Bonchev–Trinajstić information content (AvgIpc) is 2.86. The number of hydrogen-bond donors (Lipinski definition) is 1. The van der Waals surface area contributed by atoms with Crippen molar-refractivity contribution in [3.05, 3.63) is 17.5 Å². The molecule has 1 aromatic rings. The zero-order chi connectivity index (χ0) is 10.7. The van der Waals surface area contributed by atoms with Gasteiger partial charge in [-0.05, 0) is 18.1 Å². The zero-order valence-electron chi connectivity index (χ0n) is 9.32. The third-order valence-corrected chi connectivity index (χ3v) is 3.83. The average molecular weight is 226 g/mol. The maximum atomic E-state index is 5.27. The van der Waals surface area contributed by atoms with Crippen LogP contribution in [0.25, 0.3) is 0 Å². The Morgan fingerprint density at radius 1 is 1.67 bits per heavy atom. The molecule has 1 unspecified atom stereocenters. The summed E-state index contributed by atoms with van der Waals surface area (Å²) in [6.07, 6.45) is 1.27. The number of nitrogens with one attached hydrogen (secondary N) is 1. The van der Waals surface area contributed by atoms with Crippen molar-refractivity contribution in [1.82, 2.24) is 10.5 Å². The summed E-state index contributed by atoms with van der Waals surface area (Å²) in [6, 6.07) is 2.71. The molecule has 0 amide bonds. The van der Waals surface area contributed by atoms with Crippen LogP contribution in [0.15, 0.2) is 10.6 Å². The van der Waals surface area contributed by atoms with Gasteiger partial charge in [-0.3, -0.25) is 0 Å². The summed E-state index contributed by atoms with van der Waals surface area (Å²) in [7, 11) is 0. The molecule has 0 radical (unpaired) electrons. The van der Waals surface area contributed by atoms with Gasteiger partial charge in [0.1, 0.15) is 0 Å². The molecule has 15 heavy (non-hydrogen) atoms. The molecule has 0 aliphatic carbocycles. The minimum absolute atomic E-state index is 0.449. The van der Waals surface area contributed by atoms with Crippen LogP contribution in [0.5, 0.6) is 0 Å². The first kappa shape index (κ1) is 11.0. The molecule has 2 rings (SSSR count). The topological polar surface area (TPSA) is 38.1 Å². The molecule has 0 aromatic carbocycles. The smallest absolute Gasteiger partial charge is 0.150 e. The Bertz CT molecular complexity index is 305. The van der Waals surface area contributed by atoms with E-state index >= 15 is 0 Å². The van der Waals surface area contributed by atoms with Crippen molar-refractivity contribution in [3.63, 3.8) is 0 Å². The fourth-order valence-corrected chi connectivity index (χ4v) is 2.81. The molecule has 0 saturated carbocycles. The number of aromatic nitrogens is 1. The molecule has 1 N–H and O–H groups in total. The van der Waals surface area contributed by atoms with Crippen molar-refractivity contribution in [2.75, 3.05) is 11.5 Å². The molecule has 1 aromatic heterocycles. The Kier molecular flexibility index (Phi) is 3.70. The second kappa shape index (κ2) is 5.03. The lowest BCUT2D eigenvalue weighted by Gasteiger charge is -2.08. The maximum Gasteiger partial charge on any atom is 0.150 e. The number of thioether (sulfide) groups is 1. The van der Waals surface area contributed by atoms with Gasteiger partial charge in [-0.15, -0.1) is 0 Å². The molecular formula is C11H18N2OS. The van der Waals surface area contributed by atoms with Gasteiger partial charge < -0.3 is 9.84 Å². The van der Waals surface area contributed by atoms with Crippen molar-refractivity contribution in [3.8, 4) is 0 Å². The van der Waals surface area contributed by atoms with Crippen molar-refractivity contribution in [1.29, 1.82) is 0 Å². The van der Waals surface area contributed by atoms with Crippen LogP contribution >= 0.6 is 11.8 Å². The minimum Gasteiger partial charge on any atom is -0.360 e. The zero-order valence-corrected chi connectivity index (χ0v) is 10.1. The lowest BCUT2D eigenvalue weighted by Crippen LogP contribution is -2.27. The van der Waals surface area contributed by atoms with Gasteiger partial charge in [0.2, 0.25) is 0 Å². The third kappa shape index (κ3) is 2.98. The second-order valence-electron chi connectivity index (χ2n) is 4.31. The van der Waals surface area contributed by atoms with E-state index < -0.39 is 0 Å². The van der Waals surface area contributed by atoms with E-state index in [1.54, 1.807) is 0 Å². The Hall–Kier alpha value is -0.480. The van der Waals surface area contributed by atoms with E-state index in [1.165, 1.54) is 17.9 Å². The van der Waals surface area contributed by atoms with Crippen LogP contribution < -0.4 is 5.32 Å². The van der Waals surface area contributed by atoms with E-state index in [4.69, 9.17) is 4.52 Å². The van der Waals surface area contributed by atoms with Crippen molar-refractivity contribution < 1.29 is 4.52 Å². The summed E-state index contributed by atoms with van der Waals surface area (Å²) < 4.78 is 5.27. The summed E-state index contributed by atoms with van der Waals surface area (Å²) >= 11 is 2.02. The van der Waals surface area contributed by atoms with E-state index in [0.29, 0.717) is 12.0 Å². The molecule has 0 spiro atoms. The lowest BCUT2D eigenvalue weighted by atomic mass is 10.1. The fraction of sp³-hybridized carbons (Fsp3) is 0.727. The highest BCUT2D eigenvalue weighted by Crippen LogP contribution is 2.18. The summed E-state index contributed by atoms with van der Waals surface area (Å²) in [5.41, 5.74) is 1.05. The van der Waals surface area contributed by atoms with E-state index in [0.717, 1.165) is 18.0 Å². The van der Waals surface area contributed by atoms with E-state index in [9.17, 15) is 0 Å².